The average molecular weight is 469 g/mol. The van der Waals surface area contributed by atoms with Gasteiger partial charge in [0.15, 0.2) is 0 Å². The van der Waals surface area contributed by atoms with E-state index in [4.69, 9.17) is 4.74 Å². The molecule has 0 aromatic heterocycles. The summed E-state index contributed by atoms with van der Waals surface area (Å²) in [6, 6.07) is 4.24. The quantitative estimate of drug-likeness (QED) is 0.229. The Hall–Kier alpha value is -2.40. The molecule has 1 amide bonds. The summed E-state index contributed by atoms with van der Waals surface area (Å²) in [7, 11) is 1.72. The number of carbonyl (C=O) groups excluding carboxylic acids is 2. The smallest absolute Gasteiger partial charge is 0.231 e. The molecule has 34 heavy (non-hydrogen) atoms. The van der Waals surface area contributed by atoms with Crippen molar-refractivity contribution >= 4 is 17.4 Å². The summed E-state index contributed by atoms with van der Waals surface area (Å²) >= 11 is 0. The molecule has 2 aliphatic rings. The Labute approximate surface area is 206 Å². The standard InChI is InChI=1S/C27H38N2O3.C2H6/c1-4-9-25(32-3)21(5-2)12-14-28-13-7-6-11-24(30)18-20-16-22-10-8-15-29-26(31)19-23(17-20)27(22)29;1-2/h4,9,16-17,28H,5-8,10-15,18-19H2,1-3H3;1-2H3/b9-4-,25-21-;. The second kappa shape index (κ2) is 14.8. The fourth-order valence-corrected chi connectivity index (χ4v) is 4.86. The molecule has 0 aliphatic carbocycles. The largest absolute Gasteiger partial charge is 0.497 e. The third kappa shape index (κ3) is 7.56. The summed E-state index contributed by atoms with van der Waals surface area (Å²) in [5, 5.41) is 3.49. The summed E-state index contributed by atoms with van der Waals surface area (Å²) in [4.78, 5) is 26.7. The molecular formula is C29H44N2O3. The second-order valence-corrected chi connectivity index (χ2v) is 8.79. The van der Waals surface area contributed by atoms with Crippen molar-refractivity contribution < 1.29 is 14.3 Å². The van der Waals surface area contributed by atoms with Gasteiger partial charge in [-0.3, -0.25) is 9.59 Å². The van der Waals surface area contributed by atoms with Crippen molar-refractivity contribution in [2.45, 2.75) is 85.5 Å². The fourth-order valence-electron chi connectivity index (χ4n) is 4.86. The summed E-state index contributed by atoms with van der Waals surface area (Å²) < 4.78 is 5.48. The molecule has 0 spiro atoms. The maximum atomic E-state index is 12.5. The number of unbranched alkanes of at least 4 members (excludes halogenated alkanes) is 1. The molecule has 0 atom stereocenters. The molecular weight excluding hydrogens is 424 g/mol. The molecule has 0 unspecified atom stereocenters. The van der Waals surface area contributed by atoms with Crippen molar-refractivity contribution in [2.75, 3.05) is 31.6 Å². The molecule has 0 saturated carbocycles. The predicted molar refractivity (Wildman–Crippen MR) is 141 cm³/mol. The number of nitrogens with zero attached hydrogens (tertiary/aromatic N) is 1. The van der Waals surface area contributed by atoms with Gasteiger partial charge in [0.2, 0.25) is 5.91 Å². The van der Waals surface area contributed by atoms with Gasteiger partial charge in [-0.1, -0.05) is 39.0 Å². The van der Waals surface area contributed by atoms with Crippen molar-refractivity contribution in [3.8, 4) is 0 Å². The number of amides is 1. The molecule has 1 N–H and O–H groups in total. The van der Waals surface area contributed by atoms with Crippen LogP contribution in [0.15, 0.2) is 35.6 Å². The Kier molecular flexibility index (Phi) is 12.1. The highest BCUT2D eigenvalue weighted by atomic mass is 16.5. The van der Waals surface area contributed by atoms with Gasteiger partial charge in [-0.2, -0.15) is 0 Å². The van der Waals surface area contributed by atoms with Crippen LogP contribution in [0.2, 0.25) is 0 Å². The van der Waals surface area contributed by atoms with Gasteiger partial charge in [-0.25, -0.2) is 0 Å². The van der Waals surface area contributed by atoms with Crippen LogP contribution < -0.4 is 10.2 Å². The van der Waals surface area contributed by atoms with E-state index in [1.54, 1.807) is 7.11 Å². The Balaban J connectivity index is 0.00000199. The number of nitrogens with one attached hydrogen (secondary N) is 1. The number of Topliss-reactive ketones (excluding diaryl/α,β-unsaturated/α-hetero) is 1. The first-order chi connectivity index (χ1) is 16.6. The maximum Gasteiger partial charge on any atom is 0.231 e. The molecule has 1 aromatic carbocycles. The Bertz CT molecular complexity index is 886. The first kappa shape index (κ1) is 27.8. The van der Waals surface area contributed by atoms with Crippen LogP contribution in [0.1, 0.15) is 82.9 Å². The minimum absolute atomic E-state index is 0.207. The van der Waals surface area contributed by atoms with Crippen LogP contribution in [0, 0.1) is 0 Å². The van der Waals surface area contributed by atoms with Crippen LogP contribution in [-0.2, 0) is 33.6 Å². The molecule has 5 nitrogen and oxygen atoms in total. The highest BCUT2D eigenvalue weighted by molar-refractivity contribution is 6.03. The molecule has 2 aliphatic heterocycles. The normalized spacial score (nSPS) is 15.1. The number of allylic oxidation sites excluding steroid dienone is 2. The Morgan fingerprint density at radius 3 is 2.62 bits per heavy atom. The number of aryl methyl sites for hydroxylation is 1. The number of anilines is 1. The van der Waals surface area contributed by atoms with Crippen LogP contribution in [0.25, 0.3) is 0 Å². The molecule has 5 heteroatoms. The average Bonchev–Trinajstić information content (AvgIpc) is 3.17. The minimum Gasteiger partial charge on any atom is -0.497 e. The number of benzene rings is 1. The topological polar surface area (TPSA) is 58.6 Å². The zero-order valence-corrected chi connectivity index (χ0v) is 22.0. The first-order valence-electron chi connectivity index (χ1n) is 13.1. The third-order valence-electron chi connectivity index (χ3n) is 6.45. The number of hydrogen-bond acceptors (Lipinski definition) is 4. The third-order valence-corrected chi connectivity index (χ3v) is 6.45. The van der Waals surface area contributed by atoms with E-state index in [-0.39, 0.29) is 5.91 Å². The molecule has 3 rings (SSSR count). The fraction of sp³-hybridized carbons (Fsp3) is 0.586. The molecule has 1 aromatic rings. The number of rotatable bonds is 13. The van der Waals surface area contributed by atoms with E-state index in [1.165, 1.54) is 11.1 Å². The lowest BCUT2D eigenvalue weighted by Crippen LogP contribution is -2.31. The molecule has 0 radical (unpaired) electrons. The summed E-state index contributed by atoms with van der Waals surface area (Å²) in [5.41, 5.74) is 5.90. The number of ether oxygens (including phenoxy) is 1. The number of ketones is 1. The van der Waals surface area contributed by atoms with E-state index in [2.05, 4.69) is 24.4 Å². The van der Waals surface area contributed by atoms with E-state index in [9.17, 15) is 9.59 Å². The number of hydrogen-bond donors (Lipinski definition) is 1. The number of carbonyl (C=O) groups is 2. The van der Waals surface area contributed by atoms with Crippen LogP contribution in [0.4, 0.5) is 5.69 Å². The van der Waals surface area contributed by atoms with Crippen molar-refractivity contribution in [3.05, 3.63) is 52.3 Å². The van der Waals surface area contributed by atoms with E-state index in [0.29, 0.717) is 25.0 Å². The predicted octanol–water partition coefficient (Wildman–Crippen LogP) is 5.70. The van der Waals surface area contributed by atoms with Gasteiger partial charge < -0.3 is 15.0 Å². The van der Waals surface area contributed by atoms with Gasteiger partial charge in [0.1, 0.15) is 11.5 Å². The molecule has 0 bridgehead atoms. The van der Waals surface area contributed by atoms with Crippen LogP contribution >= 0.6 is 0 Å². The van der Waals surface area contributed by atoms with Crippen molar-refractivity contribution in [2.24, 2.45) is 0 Å². The maximum absolute atomic E-state index is 12.5. The molecule has 188 valence electrons. The summed E-state index contributed by atoms with van der Waals surface area (Å²) in [6.45, 7) is 10.9. The van der Waals surface area contributed by atoms with Crippen molar-refractivity contribution in [3.63, 3.8) is 0 Å². The second-order valence-electron chi connectivity index (χ2n) is 8.79. The summed E-state index contributed by atoms with van der Waals surface area (Å²) in [6.07, 6.45) is 11.5. The van der Waals surface area contributed by atoms with E-state index in [0.717, 1.165) is 80.7 Å². The van der Waals surface area contributed by atoms with Gasteiger partial charge in [-0.15, -0.1) is 0 Å². The zero-order valence-electron chi connectivity index (χ0n) is 22.0. The van der Waals surface area contributed by atoms with Gasteiger partial charge in [0.05, 0.1) is 19.2 Å². The van der Waals surface area contributed by atoms with Crippen molar-refractivity contribution in [1.29, 1.82) is 0 Å². The Morgan fingerprint density at radius 2 is 1.91 bits per heavy atom. The van der Waals surface area contributed by atoms with Gasteiger partial charge in [0, 0.05) is 19.4 Å². The molecule has 2 heterocycles. The SMILES string of the molecule is C/C=C\C(OC)=C(/CC)CCNCCCCC(=O)Cc1cc2c3c(c1)CC(=O)N3CCC2.CC. The lowest BCUT2D eigenvalue weighted by atomic mass is 9.94. The van der Waals surface area contributed by atoms with Crippen LogP contribution in [0.5, 0.6) is 0 Å². The van der Waals surface area contributed by atoms with Gasteiger partial charge in [-0.05, 0) is 86.9 Å². The number of methoxy groups -OCH3 is 1. The van der Waals surface area contributed by atoms with Crippen molar-refractivity contribution in [1.82, 2.24) is 5.32 Å². The highest BCUT2D eigenvalue weighted by Gasteiger charge is 2.32. The zero-order chi connectivity index (χ0) is 24.9. The van der Waals surface area contributed by atoms with Gasteiger partial charge >= 0.3 is 0 Å². The lowest BCUT2D eigenvalue weighted by Gasteiger charge is -2.26. The minimum atomic E-state index is 0.207. The Morgan fingerprint density at radius 1 is 1.15 bits per heavy atom. The van der Waals surface area contributed by atoms with Gasteiger partial charge in [0.25, 0.3) is 0 Å². The summed E-state index contributed by atoms with van der Waals surface area (Å²) in [5.74, 6) is 1.47. The molecule has 0 saturated heterocycles. The first-order valence-corrected chi connectivity index (χ1v) is 13.1. The van der Waals surface area contributed by atoms with E-state index >= 15 is 0 Å². The van der Waals surface area contributed by atoms with Crippen LogP contribution in [-0.4, -0.2) is 38.4 Å². The monoisotopic (exact) mass is 468 g/mol. The van der Waals surface area contributed by atoms with E-state index < -0.39 is 0 Å². The van der Waals surface area contributed by atoms with Crippen LogP contribution in [0.3, 0.4) is 0 Å². The lowest BCUT2D eigenvalue weighted by molar-refractivity contribution is -0.118. The van der Waals surface area contributed by atoms with E-state index in [1.807, 2.05) is 37.8 Å². The molecule has 0 fully saturated rings. The highest BCUT2D eigenvalue weighted by Crippen LogP contribution is 2.37.